The van der Waals surface area contributed by atoms with Gasteiger partial charge in [0.25, 0.3) is 0 Å². The first-order chi connectivity index (χ1) is 11.2. The van der Waals surface area contributed by atoms with Gasteiger partial charge in [-0.3, -0.25) is 4.79 Å². The van der Waals surface area contributed by atoms with Gasteiger partial charge in [-0.15, -0.1) is 0 Å². The number of benzene rings is 1. The number of sulfone groups is 1. The predicted octanol–water partition coefficient (Wildman–Crippen LogP) is 2.99. The van der Waals surface area contributed by atoms with Crippen molar-refractivity contribution in [1.82, 2.24) is 4.90 Å². The molecule has 1 aromatic carbocycles. The number of rotatable bonds is 5. The van der Waals surface area contributed by atoms with Crippen LogP contribution in [0.4, 0.5) is 0 Å². The summed E-state index contributed by atoms with van der Waals surface area (Å²) in [6.07, 6.45) is 3.94. The molecule has 1 unspecified atom stereocenters. The minimum absolute atomic E-state index is 0.0862. The molecule has 2 rings (SSSR count). The number of nitrogens with zero attached hydrogens (tertiary/aromatic N) is 1. The fourth-order valence-corrected chi connectivity index (χ4v) is 4.83. The first-order valence-corrected chi connectivity index (χ1v) is 10.3. The highest BCUT2D eigenvalue weighted by atomic mass is 32.2. The van der Waals surface area contributed by atoms with Crippen molar-refractivity contribution in [3.63, 3.8) is 0 Å². The highest BCUT2D eigenvalue weighted by Gasteiger charge is 2.34. The molecule has 0 aliphatic carbocycles. The van der Waals surface area contributed by atoms with Gasteiger partial charge in [-0.05, 0) is 43.4 Å². The number of carbonyl (C=O) groups excluding carboxylic acids is 1. The Kier molecular flexibility index (Phi) is 5.86. The quantitative estimate of drug-likeness (QED) is 0.768. The second-order valence-electron chi connectivity index (χ2n) is 7.13. The van der Waals surface area contributed by atoms with E-state index in [0.29, 0.717) is 18.9 Å². The van der Waals surface area contributed by atoms with Crippen molar-refractivity contribution in [2.45, 2.75) is 40.2 Å². The van der Waals surface area contributed by atoms with Crippen molar-refractivity contribution >= 4 is 21.8 Å². The molecule has 1 heterocycles. The largest absolute Gasteiger partial charge is 0.335 e. The Morgan fingerprint density at radius 3 is 2.58 bits per heavy atom. The molecule has 5 heteroatoms. The first-order valence-electron chi connectivity index (χ1n) is 8.44. The van der Waals surface area contributed by atoms with Gasteiger partial charge in [0, 0.05) is 18.7 Å². The van der Waals surface area contributed by atoms with Crippen LogP contribution in [-0.2, 0) is 14.6 Å². The van der Waals surface area contributed by atoms with Gasteiger partial charge in [0.15, 0.2) is 9.84 Å². The Balaban J connectivity index is 2.17. The average molecular weight is 349 g/mol. The van der Waals surface area contributed by atoms with Crippen LogP contribution in [0.3, 0.4) is 0 Å². The lowest BCUT2D eigenvalue weighted by atomic mass is 10.1. The van der Waals surface area contributed by atoms with E-state index in [-0.39, 0.29) is 23.5 Å². The van der Waals surface area contributed by atoms with Crippen molar-refractivity contribution in [2.24, 2.45) is 5.92 Å². The van der Waals surface area contributed by atoms with E-state index < -0.39 is 9.84 Å². The van der Waals surface area contributed by atoms with Gasteiger partial charge in [-0.1, -0.05) is 37.6 Å². The minimum Gasteiger partial charge on any atom is -0.335 e. The normalized spacial score (nSPS) is 20.0. The van der Waals surface area contributed by atoms with Gasteiger partial charge in [0.2, 0.25) is 5.91 Å². The summed E-state index contributed by atoms with van der Waals surface area (Å²) in [6.45, 7) is 8.72. The number of hydrogen-bond acceptors (Lipinski definition) is 3. The van der Waals surface area contributed by atoms with Crippen molar-refractivity contribution in [1.29, 1.82) is 0 Å². The molecule has 0 spiro atoms. The Morgan fingerprint density at radius 1 is 1.33 bits per heavy atom. The number of hydrogen-bond donors (Lipinski definition) is 0. The smallest absolute Gasteiger partial charge is 0.246 e. The number of amides is 1. The topological polar surface area (TPSA) is 54.5 Å². The van der Waals surface area contributed by atoms with E-state index in [2.05, 4.69) is 6.07 Å². The molecule has 1 atom stereocenters. The van der Waals surface area contributed by atoms with E-state index in [1.54, 1.807) is 11.0 Å². The Bertz CT molecular complexity index is 735. The lowest BCUT2D eigenvalue weighted by Gasteiger charge is -2.29. The van der Waals surface area contributed by atoms with E-state index in [4.69, 9.17) is 0 Å². The van der Waals surface area contributed by atoms with Crippen LogP contribution in [-0.4, -0.2) is 43.3 Å². The predicted molar refractivity (Wildman–Crippen MR) is 98.6 cm³/mol. The highest BCUT2D eigenvalue weighted by molar-refractivity contribution is 7.91. The molecule has 132 valence electrons. The Morgan fingerprint density at radius 2 is 2.04 bits per heavy atom. The molecule has 0 saturated carbocycles. The average Bonchev–Trinajstić information content (AvgIpc) is 2.83. The summed E-state index contributed by atoms with van der Waals surface area (Å²) in [5.41, 5.74) is 3.32. The summed E-state index contributed by atoms with van der Waals surface area (Å²) >= 11 is 0. The summed E-state index contributed by atoms with van der Waals surface area (Å²) in [5, 5.41) is 0. The molecule has 0 aromatic heterocycles. The molecule has 24 heavy (non-hydrogen) atoms. The molecule has 1 fully saturated rings. The molecule has 1 saturated heterocycles. The molecule has 1 aliphatic rings. The minimum atomic E-state index is -3.01. The van der Waals surface area contributed by atoms with Crippen LogP contribution in [0.15, 0.2) is 24.3 Å². The Labute approximate surface area is 145 Å². The third-order valence-electron chi connectivity index (χ3n) is 4.32. The van der Waals surface area contributed by atoms with Crippen molar-refractivity contribution in [3.05, 3.63) is 41.0 Å². The maximum atomic E-state index is 12.7. The molecule has 1 aliphatic heterocycles. The number of carbonyl (C=O) groups is 1. The molecular weight excluding hydrogens is 322 g/mol. The van der Waals surface area contributed by atoms with Gasteiger partial charge >= 0.3 is 0 Å². The summed E-state index contributed by atoms with van der Waals surface area (Å²) in [4.78, 5) is 14.4. The van der Waals surface area contributed by atoms with Crippen LogP contribution in [0, 0.1) is 19.8 Å². The molecule has 0 N–H and O–H groups in total. The van der Waals surface area contributed by atoms with E-state index in [9.17, 15) is 13.2 Å². The zero-order chi connectivity index (χ0) is 17.9. The molecule has 1 aromatic rings. The van der Waals surface area contributed by atoms with Crippen molar-refractivity contribution < 1.29 is 13.2 Å². The van der Waals surface area contributed by atoms with Crippen LogP contribution < -0.4 is 0 Å². The lowest BCUT2D eigenvalue weighted by molar-refractivity contribution is -0.128. The molecular formula is C19H27NO3S. The van der Waals surface area contributed by atoms with E-state index in [1.165, 1.54) is 5.56 Å². The van der Waals surface area contributed by atoms with Crippen LogP contribution in [0.1, 0.15) is 37.0 Å². The van der Waals surface area contributed by atoms with Crippen molar-refractivity contribution in [3.8, 4) is 0 Å². The first kappa shape index (κ1) is 18.7. The van der Waals surface area contributed by atoms with Crippen LogP contribution in [0.2, 0.25) is 0 Å². The molecule has 4 nitrogen and oxygen atoms in total. The second kappa shape index (κ2) is 7.51. The Hall–Kier alpha value is -1.62. The van der Waals surface area contributed by atoms with Gasteiger partial charge in [-0.2, -0.15) is 0 Å². The number of aryl methyl sites for hydroxylation is 2. The zero-order valence-corrected chi connectivity index (χ0v) is 15.8. The lowest BCUT2D eigenvalue weighted by Crippen LogP contribution is -2.42. The fraction of sp³-hybridized carbons (Fsp3) is 0.526. The zero-order valence-electron chi connectivity index (χ0n) is 15.0. The summed E-state index contributed by atoms with van der Waals surface area (Å²) in [6, 6.07) is 5.90. The monoisotopic (exact) mass is 349 g/mol. The van der Waals surface area contributed by atoms with Gasteiger partial charge in [0.05, 0.1) is 11.5 Å². The standard InChI is InChI=1S/C19H27NO3S/c1-14(2)12-20(18-9-10-24(22,23)13-18)19(21)8-7-17-6-5-15(3)11-16(17)4/h5-8,11,14,18H,9-10,12-13H2,1-4H3/b8-7+. The second-order valence-corrected chi connectivity index (χ2v) is 9.36. The summed E-state index contributed by atoms with van der Waals surface area (Å²) in [7, 11) is -3.01. The van der Waals surface area contributed by atoms with Gasteiger partial charge in [-0.25, -0.2) is 8.42 Å². The van der Waals surface area contributed by atoms with Gasteiger partial charge in [0.1, 0.15) is 0 Å². The fourth-order valence-electron chi connectivity index (χ4n) is 3.10. The van der Waals surface area contributed by atoms with E-state index in [1.807, 2.05) is 45.9 Å². The maximum absolute atomic E-state index is 12.7. The molecule has 0 bridgehead atoms. The summed E-state index contributed by atoms with van der Waals surface area (Å²) in [5.74, 6) is 0.459. The van der Waals surface area contributed by atoms with Crippen LogP contribution >= 0.6 is 0 Å². The molecule has 0 radical (unpaired) electrons. The highest BCUT2D eigenvalue weighted by Crippen LogP contribution is 2.20. The van der Waals surface area contributed by atoms with E-state index >= 15 is 0 Å². The van der Waals surface area contributed by atoms with E-state index in [0.717, 1.165) is 11.1 Å². The third kappa shape index (κ3) is 4.94. The maximum Gasteiger partial charge on any atom is 0.246 e. The van der Waals surface area contributed by atoms with Gasteiger partial charge < -0.3 is 4.90 Å². The van der Waals surface area contributed by atoms with Crippen LogP contribution in [0.5, 0.6) is 0 Å². The van der Waals surface area contributed by atoms with Crippen molar-refractivity contribution in [2.75, 3.05) is 18.1 Å². The molecule has 1 amide bonds. The third-order valence-corrected chi connectivity index (χ3v) is 6.08. The summed E-state index contributed by atoms with van der Waals surface area (Å²) < 4.78 is 23.5. The SMILES string of the molecule is Cc1ccc(/C=C/C(=O)N(CC(C)C)C2CCS(=O)(=O)C2)c(C)c1. The van der Waals surface area contributed by atoms with Crippen LogP contribution in [0.25, 0.3) is 6.08 Å².